The molecule has 0 aliphatic carbocycles. The first kappa shape index (κ1) is 16.0. The second-order valence-electron chi connectivity index (χ2n) is 5.34. The van der Waals surface area contributed by atoms with Crippen molar-refractivity contribution >= 4 is 46.3 Å². The zero-order valence-corrected chi connectivity index (χ0v) is 13.9. The van der Waals surface area contributed by atoms with Crippen LogP contribution in [0.2, 0.25) is 0 Å². The average Bonchev–Trinajstić information content (AvgIpc) is 3.28. The van der Waals surface area contributed by atoms with Crippen LogP contribution in [-0.4, -0.2) is 38.5 Å². The molecule has 8 nitrogen and oxygen atoms in total. The Kier molecular flexibility index (Phi) is 3.77. The van der Waals surface area contributed by atoms with Gasteiger partial charge in [0.15, 0.2) is 11.0 Å². The number of nitrogens with zero attached hydrogens (tertiary/aromatic N) is 3. The molecule has 2 aromatic rings. The SMILES string of the molecule is N=C1/C(=C/c2ccc(-c3ccc(C(=O)O)cc3)o2)C(=O)N=C2SC=NN12. The lowest BCUT2D eigenvalue weighted by Crippen LogP contribution is -2.35. The smallest absolute Gasteiger partial charge is 0.335 e. The minimum atomic E-state index is -1.00. The molecule has 0 atom stereocenters. The van der Waals surface area contributed by atoms with E-state index < -0.39 is 11.9 Å². The van der Waals surface area contributed by atoms with Crippen LogP contribution in [0, 0.1) is 5.41 Å². The topological polar surface area (TPSA) is 119 Å². The van der Waals surface area contributed by atoms with E-state index in [2.05, 4.69) is 10.1 Å². The molecule has 0 saturated carbocycles. The van der Waals surface area contributed by atoms with Crippen molar-refractivity contribution in [2.45, 2.75) is 0 Å². The second kappa shape index (κ2) is 6.12. The minimum Gasteiger partial charge on any atom is -0.478 e. The molecule has 0 bridgehead atoms. The molecule has 0 saturated heterocycles. The number of aliphatic imine (C=N–C) groups is 1. The average molecular weight is 366 g/mol. The van der Waals surface area contributed by atoms with Crippen molar-refractivity contribution in [3.63, 3.8) is 0 Å². The third-order valence-electron chi connectivity index (χ3n) is 3.73. The van der Waals surface area contributed by atoms with Gasteiger partial charge in [-0.15, -0.1) is 0 Å². The lowest BCUT2D eigenvalue weighted by atomic mass is 10.1. The summed E-state index contributed by atoms with van der Waals surface area (Å²) in [5, 5.41) is 22.7. The highest BCUT2D eigenvalue weighted by atomic mass is 32.2. The summed E-state index contributed by atoms with van der Waals surface area (Å²) in [5.74, 6) is -0.696. The van der Waals surface area contributed by atoms with Crippen LogP contribution < -0.4 is 0 Å². The van der Waals surface area contributed by atoms with E-state index in [1.54, 1.807) is 24.3 Å². The van der Waals surface area contributed by atoms with Gasteiger partial charge in [0, 0.05) is 5.56 Å². The first-order chi connectivity index (χ1) is 12.5. The van der Waals surface area contributed by atoms with Crippen LogP contribution in [-0.2, 0) is 4.79 Å². The Balaban J connectivity index is 1.63. The molecular weight excluding hydrogens is 356 g/mol. The molecule has 9 heteroatoms. The molecule has 1 amide bonds. The Morgan fingerprint density at radius 2 is 2.00 bits per heavy atom. The maximum atomic E-state index is 12.1. The second-order valence-corrected chi connectivity index (χ2v) is 6.15. The van der Waals surface area contributed by atoms with E-state index in [-0.39, 0.29) is 17.0 Å². The fraction of sp³-hybridized carbons (Fsp3) is 0. The number of furan rings is 1. The van der Waals surface area contributed by atoms with Crippen LogP contribution in [0.25, 0.3) is 17.4 Å². The monoisotopic (exact) mass is 366 g/mol. The zero-order chi connectivity index (χ0) is 18.3. The summed E-state index contributed by atoms with van der Waals surface area (Å²) in [6.45, 7) is 0. The first-order valence-corrected chi connectivity index (χ1v) is 8.27. The number of carbonyl (C=O) groups excluding carboxylic acids is 1. The van der Waals surface area contributed by atoms with Crippen molar-refractivity contribution in [2.75, 3.05) is 0 Å². The van der Waals surface area contributed by atoms with Crippen LogP contribution in [0.1, 0.15) is 16.1 Å². The van der Waals surface area contributed by atoms with Gasteiger partial charge in [0.25, 0.3) is 5.91 Å². The Morgan fingerprint density at radius 3 is 2.73 bits per heavy atom. The maximum absolute atomic E-state index is 12.1. The van der Waals surface area contributed by atoms with Crippen molar-refractivity contribution in [1.29, 1.82) is 5.41 Å². The molecule has 2 aliphatic rings. The molecule has 0 spiro atoms. The number of carbonyl (C=O) groups is 2. The number of fused-ring (bicyclic) bond motifs is 1. The Hall–Kier alpha value is -3.46. The van der Waals surface area contributed by atoms with E-state index in [4.69, 9.17) is 14.9 Å². The lowest BCUT2D eigenvalue weighted by Gasteiger charge is -2.19. The Labute approximate surface area is 151 Å². The summed E-state index contributed by atoms with van der Waals surface area (Å²) in [6, 6.07) is 9.61. The number of amides is 1. The summed E-state index contributed by atoms with van der Waals surface area (Å²) in [6.07, 6.45) is 1.44. The summed E-state index contributed by atoms with van der Waals surface area (Å²) >= 11 is 1.18. The molecule has 0 unspecified atom stereocenters. The van der Waals surface area contributed by atoms with Gasteiger partial charge in [-0.3, -0.25) is 10.2 Å². The number of carboxylic acids is 1. The first-order valence-electron chi connectivity index (χ1n) is 7.39. The van der Waals surface area contributed by atoms with Crippen molar-refractivity contribution in [3.8, 4) is 11.3 Å². The van der Waals surface area contributed by atoms with Crippen LogP contribution in [0.4, 0.5) is 0 Å². The van der Waals surface area contributed by atoms with E-state index in [0.29, 0.717) is 22.3 Å². The van der Waals surface area contributed by atoms with Gasteiger partial charge < -0.3 is 9.52 Å². The van der Waals surface area contributed by atoms with Crippen LogP contribution in [0.3, 0.4) is 0 Å². The molecule has 0 fully saturated rings. The van der Waals surface area contributed by atoms with Gasteiger partial charge in [-0.1, -0.05) is 12.1 Å². The molecule has 4 rings (SSSR count). The molecule has 3 heterocycles. The van der Waals surface area contributed by atoms with Crippen molar-refractivity contribution in [2.24, 2.45) is 10.1 Å². The molecule has 26 heavy (non-hydrogen) atoms. The highest BCUT2D eigenvalue weighted by molar-refractivity contribution is 8.25. The summed E-state index contributed by atoms with van der Waals surface area (Å²) in [5.41, 5.74) is 2.47. The quantitative estimate of drug-likeness (QED) is 0.806. The highest BCUT2D eigenvalue weighted by Crippen LogP contribution is 2.27. The fourth-order valence-corrected chi connectivity index (χ4v) is 3.05. The molecule has 2 N–H and O–H groups in total. The van der Waals surface area contributed by atoms with Gasteiger partial charge >= 0.3 is 5.97 Å². The van der Waals surface area contributed by atoms with Gasteiger partial charge in [0.2, 0.25) is 0 Å². The summed E-state index contributed by atoms with van der Waals surface area (Å²) in [4.78, 5) is 26.9. The summed E-state index contributed by atoms with van der Waals surface area (Å²) in [7, 11) is 0. The van der Waals surface area contributed by atoms with Crippen molar-refractivity contribution < 1.29 is 19.1 Å². The number of benzene rings is 1. The Morgan fingerprint density at radius 1 is 1.23 bits per heavy atom. The van der Waals surface area contributed by atoms with Gasteiger partial charge in [0.05, 0.1) is 16.7 Å². The normalized spacial score (nSPS) is 17.6. The van der Waals surface area contributed by atoms with Gasteiger partial charge in [-0.25, -0.2) is 4.79 Å². The molecule has 2 aliphatic heterocycles. The van der Waals surface area contributed by atoms with Gasteiger partial charge in [-0.05, 0) is 42.1 Å². The maximum Gasteiger partial charge on any atom is 0.335 e. The fourth-order valence-electron chi connectivity index (χ4n) is 2.44. The molecule has 128 valence electrons. The minimum absolute atomic E-state index is 0.0648. The number of amidine groups is 2. The zero-order valence-electron chi connectivity index (χ0n) is 13.0. The number of hydrogen-bond acceptors (Lipinski definition) is 6. The van der Waals surface area contributed by atoms with E-state index in [1.807, 2.05) is 0 Å². The van der Waals surface area contributed by atoms with Gasteiger partial charge in [-0.2, -0.15) is 15.1 Å². The van der Waals surface area contributed by atoms with Crippen LogP contribution >= 0.6 is 11.8 Å². The van der Waals surface area contributed by atoms with Crippen molar-refractivity contribution in [1.82, 2.24) is 5.01 Å². The number of aromatic carboxylic acids is 1. The largest absolute Gasteiger partial charge is 0.478 e. The van der Waals surface area contributed by atoms with E-state index in [1.165, 1.54) is 40.5 Å². The molecule has 1 aromatic heterocycles. The predicted octanol–water partition coefficient (Wildman–Crippen LogP) is 2.89. The third-order valence-corrected chi connectivity index (χ3v) is 4.40. The highest BCUT2D eigenvalue weighted by Gasteiger charge is 2.32. The third kappa shape index (κ3) is 2.74. The number of nitrogens with one attached hydrogen (secondary N) is 1. The predicted molar refractivity (Wildman–Crippen MR) is 97.2 cm³/mol. The van der Waals surface area contributed by atoms with Crippen molar-refractivity contribution in [3.05, 3.63) is 53.3 Å². The Bertz CT molecular complexity index is 1030. The van der Waals surface area contributed by atoms with Crippen LogP contribution in [0.5, 0.6) is 0 Å². The summed E-state index contributed by atoms with van der Waals surface area (Å²) < 4.78 is 5.70. The number of hydrogen-bond donors (Lipinski definition) is 2. The standard InChI is InChI=1S/C17H10N4O4S/c18-14-12(15(22)20-17-21(14)19-8-26-17)7-11-5-6-13(25-11)9-1-3-10(4-2-9)16(23)24/h1-8,18H,(H,23,24)/b12-7-,18-14?. The van der Waals surface area contributed by atoms with E-state index in [0.717, 1.165) is 0 Å². The molecular formula is C17H10N4O4S. The lowest BCUT2D eigenvalue weighted by molar-refractivity contribution is -0.114. The molecule has 0 radical (unpaired) electrons. The van der Waals surface area contributed by atoms with E-state index >= 15 is 0 Å². The van der Waals surface area contributed by atoms with E-state index in [9.17, 15) is 9.59 Å². The van der Waals surface area contributed by atoms with Crippen LogP contribution in [0.15, 0.2) is 56.5 Å². The number of carboxylic acid groups (broad SMARTS) is 1. The van der Waals surface area contributed by atoms with Gasteiger partial charge in [0.1, 0.15) is 11.5 Å². The number of hydrazone groups is 1. The molecule has 1 aromatic carbocycles. The number of thioether (sulfide) groups is 1. The number of rotatable bonds is 3.